The number of anilines is 2. The fraction of sp³-hybridized carbons (Fsp3) is 0.208. The van der Waals surface area contributed by atoms with Gasteiger partial charge in [-0.15, -0.1) is 0 Å². The van der Waals surface area contributed by atoms with Gasteiger partial charge in [0.2, 0.25) is 5.95 Å². The molecular formula is C24H20F4N4OS. The number of hydrazine groups is 1. The van der Waals surface area contributed by atoms with E-state index in [0.717, 1.165) is 22.1 Å². The minimum Gasteiger partial charge on any atom is -0.493 e. The highest BCUT2D eigenvalue weighted by Crippen LogP contribution is 2.44. The van der Waals surface area contributed by atoms with Crippen molar-refractivity contribution in [3.63, 3.8) is 0 Å². The molecule has 0 amide bonds. The van der Waals surface area contributed by atoms with Gasteiger partial charge in [-0.2, -0.15) is 17.6 Å². The Morgan fingerprint density at radius 1 is 1.09 bits per heavy atom. The van der Waals surface area contributed by atoms with Crippen LogP contribution in [0.3, 0.4) is 0 Å². The van der Waals surface area contributed by atoms with E-state index in [4.69, 9.17) is 4.74 Å². The third kappa shape index (κ3) is 4.69. The van der Waals surface area contributed by atoms with Crippen LogP contribution in [0.15, 0.2) is 71.8 Å². The van der Waals surface area contributed by atoms with Crippen LogP contribution in [0.1, 0.15) is 29.0 Å². The summed E-state index contributed by atoms with van der Waals surface area (Å²) in [5.74, 6) is 0.360. The molecule has 1 atom stereocenters. The summed E-state index contributed by atoms with van der Waals surface area (Å²) in [6.07, 6.45) is -0.197. The van der Waals surface area contributed by atoms with Crippen LogP contribution in [0.4, 0.5) is 29.1 Å². The van der Waals surface area contributed by atoms with Crippen molar-refractivity contribution in [3.05, 3.63) is 89.5 Å². The van der Waals surface area contributed by atoms with Crippen LogP contribution >= 0.6 is 11.9 Å². The van der Waals surface area contributed by atoms with Crippen molar-refractivity contribution in [3.8, 4) is 5.75 Å². The second-order valence-electron chi connectivity index (χ2n) is 7.83. The first-order valence-electron chi connectivity index (χ1n) is 10.6. The Labute approximate surface area is 197 Å². The second-order valence-corrected chi connectivity index (χ2v) is 8.71. The predicted molar refractivity (Wildman–Crippen MR) is 123 cm³/mol. The first kappa shape index (κ1) is 22.5. The molecule has 34 heavy (non-hydrogen) atoms. The summed E-state index contributed by atoms with van der Waals surface area (Å²) in [5.41, 5.74) is 4.56. The molecule has 2 aromatic carbocycles. The Balaban J connectivity index is 1.44. The molecule has 0 aliphatic carbocycles. The van der Waals surface area contributed by atoms with Crippen LogP contribution in [0, 0.1) is 5.95 Å². The van der Waals surface area contributed by atoms with Gasteiger partial charge in [0, 0.05) is 29.1 Å². The highest BCUT2D eigenvalue weighted by molar-refractivity contribution is 8.00. The number of halogens is 4. The topological polar surface area (TPSA) is 49.4 Å². The number of pyridine rings is 1. The molecule has 1 aromatic heterocycles. The van der Waals surface area contributed by atoms with E-state index in [2.05, 4.69) is 15.1 Å². The lowest BCUT2D eigenvalue weighted by Gasteiger charge is -2.30. The number of fused-ring (bicyclic) bond motifs is 1. The van der Waals surface area contributed by atoms with Gasteiger partial charge in [0.1, 0.15) is 11.6 Å². The van der Waals surface area contributed by atoms with Crippen molar-refractivity contribution in [2.45, 2.75) is 23.4 Å². The number of rotatable bonds is 5. The van der Waals surface area contributed by atoms with E-state index in [1.165, 1.54) is 24.1 Å². The van der Waals surface area contributed by atoms with Crippen molar-refractivity contribution < 1.29 is 22.3 Å². The molecule has 5 rings (SSSR count). The van der Waals surface area contributed by atoms with Gasteiger partial charge in [0.25, 0.3) is 0 Å². The lowest BCUT2D eigenvalue weighted by Crippen LogP contribution is -2.30. The molecule has 2 aliphatic heterocycles. The molecule has 10 heteroatoms. The number of nitrogens with one attached hydrogen (secondary N) is 2. The second kappa shape index (κ2) is 9.19. The van der Waals surface area contributed by atoms with Crippen LogP contribution in [0.2, 0.25) is 0 Å². The lowest BCUT2D eigenvalue weighted by atomic mass is 9.85. The molecule has 176 valence electrons. The molecule has 0 saturated carbocycles. The number of benzene rings is 2. The standard InChI is InChI=1S/C24H20F4N4OS/c25-22-3-1-4-23(30-22)31-34-16-6-8-19-17(9-12-33-21(19)14-16)18-7-5-15(24(26,27)28)13-20(18)32-11-2-10-29-32/h1-8,11,13-14,17,29H,9-10,12H2,(H,30,31). The number of hydrogen-bond acceptors (Lipinski definition) is 6. The minimum atomic E-state index is -4.43. The molecule has 0 bridgehead atoms. The van der Waals surface area contributed by atoms with Gasteiger partial charge in [-0.3, -0.25) is 5.01 Å². The summed E-state index contributed by atoms with van der Waals surface area (Å²) in [5, 5.41) is 1.64. The first-order chi connectivity index (χ1) is 16.4. The van der Waals surface area contributed by atoms with Gasteiger partial charge in [-0.25, -0.2) is 10.4 Å². The third-order valence-corrected chi connectivity index (χ3v) is 6.44. The predicted octanol–water partition coefficient (Wildman–Crippen LogP) is 6.11. The quantitative estimate of drug-likeness (QED) is 0.257. The highest BCUT2D eigenvalue weighted by atomic mass is 32.2. The van der Waals surface area contributed by atoms with Gasteiger partial charge in [0.15, 0.2) is 0 Å². The summed E-state index contributed by atoms with van der Waals surface area (Å²) in [7, 11) is 0. The van der Waals surface area contributed by atoms with Gasteiger partial charge in [0.05, 0.1) is 17.9 Å². The lowest BCUT2D eigenvalue weighted by molar-refractivity contribution is -0.137. The highest BCUT2D eigenvalue weighted by Gasteiger charge is 2.34. The average Bonchev–Trinajstić information content (AvgIpc) is 3.36. The van der Waals surface area contributed by atoms with Crippen LogP contribution in [-0.4, -0.2) is 18.1 Å². The molecule has 3 heterocycles. The number of nitrogens with zero attached hydrogens (tertiary/aromatic N) is 2. The van der Waals surface area contributed by atoms with E-state index in [9.17, 15) is 17.6 Å². The average molecular weight is 489 g/mol. The van der Waals surface area contributed by atoms with Crippen molar-refractivity contribution in [2.75, 3.05) is 22.9 Å². The Morgan fingerprint density at radius 2 is 1.94 bits per heavy atom. The molecule has 0 saturated heterocycles. The van der Waals surface area contributed by atoms with Gasteiger partial charge in [-0.05, 0) is 60.3 Å². The van der Waals surface area contributed by atoms with Crippen molar-refractivity contribution in [1.82, 2.24) is 10.4 Å². The molecule has 5 nitrogen and oxygen atoms in total. The zero-order valence-electron chi connectivity index (χ0n) is 17.8. The maximum Gasteiger partial charge on any atom is 0.416 e. The molecule has 0 radical (unpaired) electrons. The fourth-order valence-electron chi connectivity index (χ4n) is 4.08. The zero-order chi connectivity index (χ0) is 23.7. The SMILES string of the molecule is Fc1cccc(NSc2ccc3c(c2)OCCC3c2ccc(C(F)(F)F)cc2N2C=CCN2)n1. The zero-order valence-corrected chi connectivity index (χ0v) is 18.6. The normalized spacial score (nSPS) is 17.4. The Kier molecular flexibility index (Phi) is 6.09. The molecule has 1 unspecified atom stereocenters. The molecule has 0 spiro atoms. The number of aromatic nitrogens is 1. The van der Waals surface area contributed by atoms with E-state index >= 15 is 0 Å². The summed E-state index contributed by atoms with van der Waals surface area (Å²) in [6.45, 7) is 0.988. The van der Waals surface area contributed by atoms with Gasteiger partial charge >= 0.3 is 6.18 Å². The minimum absolute atomic E-state index is 0.131. The largest absolute Gasteiger partial charge is 0.493 e. The number of ether oxygens (including phenoxy) is 1. The van der Waals surface area contributed by atoms with E-state index < -0.39 is 17.7 Å². The number of alkyl halides is 3. The van der Waals surface area contributed by atoms with E-state index in [1.807, 2.05) is 24.3 Å². The van der Waals surface area contributed by atoms with Crippen LogP contribution in [0.5, 0.6) is 5.75 Å². The van der Waals surface area contributed by atoms with E-state index in [1.54, 1.807) is 29.4 Å². The summed E-state index contributed by atoms with van der Waals surface area (Å²) in [6, 6.07) is 14.1. The first-order valence-corrected chi connectivity index (χ1v) is 11.4. The molecule has 2 aliphatic rings. The van der Waals surface area contributed by atoms with E-state index in [0.29, 0.717) is 36.8 Å². The van der Waals surface area contributed by atoms with E-state index in [-0.39, 0.29) is 5.92 Å². The van der Waals surface area contributed by atoms with Crippen LogP contribution < -0.4 is 19.9 Å². The van der Waals surface area contributed by atoms with Crippen LogP contribution in [-0.2, 0) is 6.18 Å². The maximum atomic E-state index is 13.4. The molecule has 2 N–H and O–H groups in total. The van der Waals surface area contributed by atoms with Crippen LogP contribution in [0.25, 0.3) is 0 Å². The Morgan fingerprint density at radius 3 is 2.71 bits per heavy atom. The number of hydrogen-bond donors (Lipinski definition) is 2. The summed E-state index contributed by atoms with van der Waals surface area (Å²) >= 11 is 1.27. The molecular weight excluding hydrogens is 468 g/mol. The molecule has 3 aromatic rings. The molecule has 0 fully saturated rings. The van der Waals surface area contributed by atoms with Crippen molar-refractivity contribution in [1.29, 1.82) is 0 Å². The fourth-order valence-corrected chi connectivity index (χ4v) is 4.72. The Bertz CT molecular complexity index is 1230. The maximum absolute atomic E-state index is 13.4. The van der Waals surface area contributed by atoms with Gasteiger partial charge < -0.3 is 9.46 Å². The summed E-state index contributed by atoms with van der Waals surface area (Å²) < 4.78 is 62.4. The summed E-state index contributed by atoms with van der Waals surface area (Å²) in [4.78, 5) is 4.61. The monoisotopic (exact) mass is 488 g/mol. The third-order valence-electron chi connectivity index (χ3n) is 5.64. The smallest absolute Gasteiger partial charge is 0.416 e. The van der Waals surface area contributed by atoms with Crippen molar-refractivity contribution in [2.24, 2.45) is 0 Å². The Hall–Kier alpha value is -3.24. The van der Waals surface area contributed by atoms with Gasteiger partial charge in [-0.1, -0.05) is 24.3 Å². The van der Waals surface area contributed by atoms with Crippen molar-refractivity contribution >= 4 is 23.5 Å².